The lowest BCUT2D eigenvalue weighted by Gasteiger charge is -2.34. The van der Waals surface area contributed by atoms with E-state index in [9.17, 15) is 19.8 Å². The summed E-state index contributed by atoms with van der Waals surface area (Å²) in [7, 11) is 0. The molecule has 0 spiro atoms. The van der Waals surface area contributed by atoms with Gasteiger partial charge in [-0.25, -0.2) is 4.98 Å². The molecule has 8 heteroatoms. The lowest BCUT2D eigenvalue weighted by atomic mass is 9.73. The summed E-state index contributed by atoms with van der Waals surface area (Å²) in [5, 5.41) is 24.6. The molecule has 2 fully saturated rings. The Balaban J connectivity index is 1.80. The van der Waals surface area contributed by atoms with Crippen LogP contribution in [-0.2, 0) is 19.1 Å². The molecule has 196 valence electrons. The van der Waals surface area contributed by atoms with Crippen LogP contribution in [0.2, 0.25) is 0 Å². The minimum absolute atomic E-state index is 0.0231. The van der Waals surface area contributed by atoms with Crippen molar-refractivity contribution in [3.63, 3.8) is 0 Å². The minimum Gasteiger partial charge on any atom is -0.458 e. The number of esters is 1. The number of Topliss-reactive ketones (excluding diaryl/α,β-unsaturated/α-hetero) is 1. The van der Waals surface area contributed by atoms with E-state index in [2.05, 4.69) is 4.98 Å². The maximum Gasteiger partial charge on any atom is 0.309 e. The normalized spacial score (nSPS) is 35.7. The largest absolute Gasteiger partial charge is 0.458 e. The zero-order valence-electron chi connectivity index (χ0n) is 21.8. The monoisotopic (exact) mass is 507 g/mol. The first-order chi connectivity index (χ1) is 16.4. The fourth-order valence-corrected chi connectivity index (χ4v) is 5.52. The number of aryl methyl sites for hydroxylation is 1. The molecule has 3 rings (SSSR count). The molecule has 2 aliphatic heterocycles. The van der Waals surface area contributed by atoms with Crippen molar-refractivity contribution in [2.75, 3.05) is 0 Å². The van der Waals surface area contributed by atoms with E-state index in [1.807, 2.05) is 32.2 Å². The SMILES string of the molecule is C/C(=C\c1csc(C)n1)[C@@H]1C[C@H]2O[C@H]2CCCC[C@H](C)[C@H](O)[C@@H](C)C(=O)C(C)(C)[C@@H](O)CC(=O)O1. The predicted octanol–water partition coefficient (Wildman–Crippen LogP) is 4.48. The van der Waals surface area contributed by atoms with E-state index in [1.165, 1.54) is 0 Å². The summed E-state index contributed by atoms with van der Waals surface area (Å²) < 4.78 is 11.7. The third kappa shape index (κ3) is 7.21. The Morgan fingerprint density at radius 1 is 1.17 bits per heavy atom. The van der Waals surface area contributed by atoms with Crippen molar-refractivity contribution in [3.05, 3.63) is 21.7 Å². The van der Waals surface area contributed by atoms with Gasteiger partial charge in [-0.2, -0.15) is 0 Å². The van der Waals surface area contributed by atoms with Crippen molar-refractivity contribution in [1.82, 2.24) is 4.98 Å². The number of carbonyl (C=O) groups is 2. The van der Waals surface area contributed by atoms with Gasteiger partial charge in [-0.3, -0.25) is 9.59 Å². The summed E-state index contributed by atoms with van der Waals surface area (Å²) in [4.78, 5) is 30.6. The van der Waals surface area contributed by atoms with Gasteiger partial charge in [0.1, 0.15) is 11.9 Å². The van der Waals surface area contributed by atoms with Gasteiger partial charge >= 0.3 is 5.97 Å². The number of hydrogen-bond donors (Lipinski definition) is 2. The Labute approximate surface area is 212 Å². The van der Waals surface area contributed by atoms with Gasteiger partial charge < -0.3 is 19.7 Å². The molecule has 1 aromatic heterocycles. The maximum atomic E-state index is 13.2. The zero-order valence-corrected chi connectivity index (χ0v) is 22.6. The number of carbonyl (C=O) groups excluding carboxylic acids is 2. The summed E-state index contributed by atoms with van der Waals surface area (Å²) in [5.41, 5.74) is 0.494. The fourth-order valence-electron chi connectivity index (χ4n) is 4.95. The molecule has 0 aromatic carbocycles. The molecule has 0 amide bonds. The van der Waals surface area contributed by atoms with Crippen LogP contribution in [-0.4, -0.2) is 57.5 Å². The van der Waals surface area contributed by atoms with Crippen molar-refractivity contribution in [2.24, 2.45) is 17.3 Å². The molecule has 7 atom stereocenters. The highest BCUT2D eigenvalue weighted by Gasteiger charge is 2.44. The first-order valence-corrected chi connectivity index (χ1v) is 13.6. The van der Waals surface area contributed by atoms with Gasteiger partial charge in [-0.05, 0) is 44.3 Å². The van der Waals surface area contributed by atoms with Crippen LogP contribution in [0, 0.1) is 24.2 Å². The fraction of sp³-hybridized carbons (Fsp3) is 0.741. The average molecular weight is 508 g/mol. The second-order valence-electron chi connectivity index (χ2n) is 11.0. The second kappa shape index (κ2) is 11.6. The number of rotatable bonds is 2. The topological polar surface area (TPSA) is 109 Å². The molecule has 35 heavy (non-hydrogen) atoms. The second-order valence-corrected chi connectivity index (χ2v) is 12.0. The van der Waals surface area contributed by atoms with Crippen LogP contribution in [0.1, 0.15) is 83.8 Å². The van der Waals surface area contributed by atoms with E-state index in [1.54, 1.807) is 32.1 Å². The van der Waals surface area contributed by atoms with Gasteiger partial charge in [0, 0.05) is 17.7 Å². The molecular weight excluding hydrogens is 466 g/mol. The smallest absolute Gasteiger partial charge is 0.309 e. The number of nitrogens with zero attached hydrogens (tertiary/aromatic N) is 1. The van der Waals surface area contributed by atoms with E-state index >= 15 is 0 Å². The van der Waals surface area contributed by atoms with E-state index in [-0.39, 0.29) is 30.3 Å². The lowest BCUT2D eigenvalue weighted by Crippen LogP contribution is -2.45. The van der Waals surface area contributed by atoms with Crippen molar-refractivity contribution >= 4 is 29.2 Å². The molecule has 7 nitrogen and oxygen atoms in total. The highest BCUT2D eigenvalue weighted by molar-refractivity contribution is 7.09. The maximum absolute atomic E-state index is 13.2. The van der Waals surface area contributed by atoms with Crippen LogP contribution in [0.25, 0.3) is 6.08 Å². The standard InChI is InChI=1S/C27H41NO6S/c1-15-9-7-8-10-20-22(33-20)12-21(16(2)11-19-14-35-18(4)28-19)34-24(30)13-23(29)27(5,6)26(32)17(3)25(15)31/h11,14-15,17,20-23,25,29,31H,7-10,12-13H2,1-6H3/b16-11+/t15-,17+,20-,21-,22+,23-,25-/m0/s1. The Kier molecular flexibility index (Phi) is 9.29. The minimum atomic E-state index is -1.22. The zero-order chi connectivity index (χ0) is 25.9. The number of aliphatic hydroxyl groups is 2. The molecule has 0 aliphatic carbocycles. The number of fused-ring (bicyclic) bond motifs is 1. The number of hydrogen-bond acceptors (Lipinski definition) is 8. The summed E-state index contributed by atoms with van der Waals surface area (Å²) in [6, 6.07) is 0. The van der Waals surface area contributed by atoms with Crippen molar-refractivity contribution in [1.29, 1.82) is 0 Å². The molecule has 2 N–H and O–H groups in total. The third-order valence-electron chi connectivity index (χ3n) is 7.66. The molecule has 1 aromatic rings. The van der Waals surface area contributed by atoms with Gasteiger partial charge in [0.05, 0.1) is 47.0 Å². The molecular formula is C27H41NO6S. The van der Waals surface area contributed by atoms with Crippen molar-refractivity contribution in [2.45, 2.75) is 111 Å². The van der Waals surface area contributed by atoms with Gasteiger partial charge in [0.2, 0.25) is 0 Å². The van der Waals surface area contributed by atoms with Crippen molar-refractivity contribution < 1.29 is 29.3 Å². The number of aliphatic hydroxyl groups excluding tert-OH is 2. The van der Waals surface area contributed by atoms with Gasteiger partial charge in [0.15, 0.2) is 0 Å². The van der Waals surface area contributed by atoms with E-state index in [0.29, 0.717) is 6.42 Å². The number of aromatic nitrogens is 1. The van der Waals surface area contributed by atoms with E-state index in [4.69, 9.17) is 9.47 Å². The molecule has 0 unspecified atom stereocenters. The van der Waals surface area contributed by atoms with Crippen LogP contribution < -0.4 is 0 Å². The number of cyclic esters (lactones) is 1. The Morgan fingerprint density at radius 3 is 2.51 bits per heavy atom. The Hall–Kier alpha value is -1.61. The summed E-state index contributed by atoms with van der Waals surface area (Å²) in [6.07, 6.45) is 3.48. The summed E-state index contributed by atoms with van der Waals surface area (Å²) in [5.74, 6) is -1.49. The molecule has 0 bridgehead atoms. The number of epoxide rings is 1. The molecule has 2 saturated heterocycles. The summed E-state index contributed by atoms with van der Waals surface area (Å²) in [6.45, 7) is 10.8. The number of ether oxygens (including phenoxy) is 2. The third-order valence-corrected chi connectivity index (χ3v) is 8.45. The van der Waals surface area contributed by atoms with E-state index in [0.717, 1.165) is 42.0 Å². The number of ketones is 1. The predicted molar refractivity (Wildman–Crippen MR) is 136 cm³/mol. The Bertz CT molecular complexity index is 925. The lowest BCUT2D eigenvalue weighted by molar-refractivity contribution is -0.154. The highest BCUT2D eigenvalue weighted by atomic mass is 32.1. The first kappa shape index (κ1) is 28.0. The van der Waals surface area contributed by atoms with Gasteiger partial charge in [-0.15, -0.1) is 11.3 Å². The number of thiazole rings is 1. The molecule has 0 radical (unpaired) electrons. The van der Waals surface area contributed by atoms with Crippen molar-refractivity contribution in [3.8, 4) is 0 Å². The van der Waals surface area contributed by atoms with Gasteiger partial charge in [-0.1, -0.05) is 40.5 Å². The van der Waals surface area contributed by atoms with Crippen LogP contribution in [0.3, 0.4) is 0 Å². The molecule has 0 saturated carbocycles. The average Bonchev–Trinajstić information content (AvgIpc) is 3.41. The van der Waals surface area contributed by atoms with Gasteiger partial charge in [0.25, 0.3) is 0 Å². The van der Waals surface area contributed by atoms with Crippen LogP contribution >= 0.6 is 11.3 Å². The Morgan fingerprint density at radius 2 is 1.86 bits per heavy atom. The quantitative estimate of drug-likeness (QED) is 0.449. The van der Waals surface area contributed by atoms with Crippen LogP contribution in [0.4, 0.5) is 0 Å². The summed E-state index contributed by atoms with van der Waals surface area (Å²) >= 11 is 1.56. The highest BCUT2D eigenvalue weighted by Crippen LogP contribution is 2.36. The van der Waals surface area contributed by atoms with Crippen LogP contribution in [0.15, 0.2) is 11.0 Å². The first-order valence-electron chi connectivity index (χ1n) is 12.8. The van der Waals surface area contributed by atoms with Crippen LogP contribution in [0.5, 0.6) is 0 Å². The molecule has 2 aliphatic rings. The van der Waals surface area contributed by atoms with E-state index < -0.39 is 35.6 Å². The molecule has 3 heterocycles.